The summed E-state index contributed by atoms with van der Waals surface area (Å²) < 4.78 is 0. The van der Waals surface area contributed by atoms with Crippen molar-refractivity contribution in [2.24, 2.45) is 5.92 Å². The molecule has 134 valence electrons. The minimum absolute atomic E-state index is 0.681. The van der Waals surface area contributed by atoms with Crippen LogP contribution in [0.4, 0.5) is 11.8 Å². The summed E-state index contributed by atoms with van der Waals surface area (Å²) in [6, 6.07) is 12.4. The van der Waals surface area contributed by atoms with Gasteiger partial charge >= 0.3 is 0 Å². The highest BCUT2D eigenvalue weighted by molar-refractivity contribution is 5.64. The fourth-order valence-electron chi connectivity index (χ4n) is 2.92. The molecule has 0 saturated carbocycles. The molecule has 1 aliphatic rings. The van der Waals surface area contributed by atoms with Gasteiger partial charge in [-0.1, -0.05) is 44.2 Å². The number of benzene rings is 1. The van der Waals surface area contributed by atoms with Gasteiger partial charge in [-0.25, -0.2) is 4.98 Å². The van der Waals surface area contributed by atoms with Gasteiger partial charge < -0.3 is 15.1 Å². The van der Waals surface area contributed by atoms with Crippen molar-refractivity contribution in [3.63, 3.8) is 0 Å². The van der Waals surface area contributed by atoms with Gasteiger partial charge in [0, 0.05) is 44.4 Å². The van der Waals surface area contributed by atoms with E-state index in [4.69, 9.17) is 9.97 Å². The Hall–Kier alpha value is -2.14. The molecule has 3 rings (SSSR count). The van der Waals surface area contributed by atoms with Crippen molar-refractivity contribution in [2.45, 2.75) is 20.3 Å². The first-order chi connectivity index (χ1) is 12.1. The van der Waals surface area contributed by atoms with E-state index in [1.807, 2.05) is 6.07 Å². The zero-order chi connectivity index (χ0) is 17.6. The quantitative estimate of drug-likeness (QED) is 0.874. The lowest BCUT2D eigenvalue weighted by Crippen LogP contribution is -2.45. The normalized spacial score (nSPS) is 15.6. The minimum atomic E-state index is 0.681. The molecule has 5 nitrogen and oxygen atoms in total. The molecule has 1 aromatic carbocycles. The highest BCUT2D eigenvalue weighted by atomic mass is 15.3. The maximum absolute atomic E-state index is 4.85. The van der Waals surface area contributed by atoms with Crippen LogP contribution in [0.25, 0.3) is 11.3 Å². The van der Waals surface area contributed by atoms with Gasteiger partial charge in [-0.15, -0.1) is 0 Å². The smallest absolute Gasteiger partial charge is 0.227 e. The molecule has 0 unspecified atom stereocenters. The highest BCUT2D eigenvalue weighted by Gasteiger charge is 2.18. The predicted octanol–water partition coefficient (Wildman–Crippen LogP) is 3.35. The zero-order valence-corrected chi connectivity index (χ0v) is 15.6. The van der Waals surface area contributed by atoms with E-state index < -0.39 is 0 Å². The van der Waals surface area contributed by atoms with Crippen LogP contribution >= 0.6 is 0 Å². The average Bonchev–Trinajstić information content (AvgIpc) is 2.62. The molecule has 1 aliphatic heterocycles. The predicted molar refractivity (Wildman–Crippen MR) is 105 cm³/mol. The van der Waals surface area contributed by atoms with E-state index in [1.54, 1.807) is 0 Å². The van der Waals surface area contributed by atoms with Crippen molar-refractivity contribution in [2.75, 3.05) is 50.0 Å². The minimum Gasteiger partial charge on any atom is -0.370 e. The van der Waals surface area contributed by atoms with Gasteiger partial charge in [0.15, 0.2) is 0 Å². The number of aromatic nitrogens is 2. The number of rotatable bonds is 6. The second-order valence-electron chi connectivity index (χ2n) is 7.20. The van der Waals surface area contributed by atoms with Crippen LogP contribution < -0.4 is 10.2 Å². The summed E-state index contributed by atoms with van der Waals surface area (Å²) >= 11 is 0. The Labute approximate surface area is 151 Å². The summed E-state index contributed by atoms with van der Waals surface area (Å²) in [5, 5.41) is 3.49. The SMILES string of the molecule is CC(C)CCNc1cc(-c2ccccc2)nc(N2CCN(C)CC2)n1. The molecule has 5 heteroatoms. The Morgan fingerprint density at radius 2 is 1.76 bits per heavy atom. The molecule has 2 heterocycles. The molecule has 1 fully saturated rings. The first-order valence-electron chi connectivity index (χ1n) is 9.23. The number of nitrogens with zero attached hydrogens (tertiary/aromatic N) is 4. The van der Waals surface area contributed by atoms with E-state index in [9.17, 15) is 0 Å². The third-order valence-corrected chi connectivity index (χ3v) is 4.60. The number of nitrogens with one attached hydrogen (secondary N) is 1. The summed E-state index contributed by atoms with van der Waals surface area (Å²) in [6.45, 7) is 9.47. The Bertz CT molecular complexity index is 663. The van der Waals surface area contributed by atoms with Gasteiger partial charge in [-0.3, -0.25) is 0 Å². The molecule has 0 atom stereocenters. The molecule has 1 aromatic heterocycles. The maximum atomic E-state index is 4.85. The van der Waals surface area contributed by atoms with E-state index in [-0.39, 0.29) is 0 Å². The number of anilines is 2. The van der Waals surface area contributed by atoms with Crippen LogP contribution in [0.15, 0.2) is 36.4 Å². The molecule has 0 amide bonds. The van der Waals surface area contributed by atoms with Crippen molar-refractivity contribution in [3.8, 4) is 11.3 Å². The van der Waals surface area contributed by atoms with Crippen molar-refractivity contribution in [1.82, 2.24) is 14.9 Å². The molecule has 0 bridgehead atoms. The highest BCUT2D eigenvalue weighted by Crippen LogP contribution is 2.23. The Morgan fingerprint density at radius 1 is 1.04 bits per heavy atom. The van der Waals surface area contributed by atoms with Crippen LogP contribution in [0.1, 0.15) is 20.3 Å². The van der Waals surface area contributed by atoms with Crippen LogP contribution in [0, 0.1) is 5.92 Å². The summed E-state index contributed by atoms with van der Waals surface area (Å²) in [6.07, 6.45) is 1.13. The monoisotopic (exact) mass is 339 g/mol. The standard InChI is InChI=1S/C20H29N5/c1-16(2)9-10-21-19-15-18(17-7-5-4-6-8-17)22-20(23-19)25-13-11-24(3)12-14-25/h4-8,15-16H,9-14H2,1-3H3,(H,21,22,23). The van der Waals surface area contributed by atoms with E-state index in [0.29, 0.717) is 5.92 Å². The lowest BCUT2D eigenvalue weighted by Gasteiger charge is -2.32. The Balaban J connectivity index is 1.85. The molecule has 0 spiro atoms. The average molecular weight is 339 g/mol. The third-order valence-electron chi connectivity index (χ3n) is 4.60. The summed E-state index contributed by atoms with van der Waals surface area (Å²) in [4.78, 5) is 14.3. The van der Waals surface area contributed by atoms with E-state index in [0.717, 1.165) is 62.2 Å². The van der Waals surface area contributed by atoms with Gasteiger partial charge in [0.25, 0.3) is 0 Å². The summed E-state index contributed by atoms with van der Waals surface area (Å²) in [5.41, 5.74) is 2.11. The number of likely N-dealkylation sites (N-methyl/N-ethyl adjacent to an activating group) is 1. The molecular weight excluding hydrogens is 310 g/mol. The van der Waals surface area contributed by atoms with Crippen LogP contribution in [-0.4, -0.2) is 54.6 Å². The molecule has 0 radical (unpaired) electrons. The largest absolute Gasteiger partial charge is 0.370 e. The molecule has 1 saturated heterocycles. The fraction of sp³-hybridized carbons (Fsp3) is 0.500. The Morgan fingerprint density at radius 3 is 2.44 bits per heavy atom. The van der Waals surface area contributed by atoms with Gasteiger partial charge in [-0.05, 0) is 19.4 Å². The van der Waals surface area contributed by atoms with Gasteiger partial charge in [0.2, 0.25) is 5.95 Å². The van der Waals surface area contributed by atoms with E-state index >= 15 is 0 Å². The zero-order valence-electron chi connectivity index (χ0n) is 15.6. The number of piperazine rings is 1. The number of hydrogen-bond donors (Lipinski definition) is 1. The van der Waals surface area contributed by atoms with Gasteiger partial charge in [-0.2, -0.15) is 4.98 Å². The molecule has 2 aromatic rings. The molecule has 1 N–H and O–H groups in total. The van der Waals surface area contributed by atoms with Crippen molar-refractivity contribution in [1.29, 1.82) is 0 Å². The second kappa shape index (κ2) is 8.30. The summed E-state index contributed by atoms with van der Waals surface area (Å²) in [7, 11) is 2.16. The molecule has 25 heavy (non-hydrogen) atoms. The summed E-state index contributed by atoms with van der Waals surface area (Å²) in [5.74, 6) is 2.44. The lowest BCUT2D eigenvalue weighted by molar-refractivity contribution is 0.311. The van der Waals surface area contributed by atoms with Crippen LogP contribution in [0.2, 0.25) is 0 Å². The first-order valence-corrected chi connectivity index (χ1v) is 9.23. The Kier molecular flexibility index (Phi) is 5.87. The van der Waals surface area contributed by atoms with E-state index in [2.05, 4.69) is 66.3 Å². The van der Waals surface area contributed by atoms with Crippen molar-refractivity contribution in [3.05, 3.63) is 36.4 Å². The van der Waals surface area contributed by atoms with Crippen LogP contribution in [0.3, 0.4) is 0 Å². The van der Waals surface area contributed by atoms with Gasteiger partial charge in [0.05, 0.1) is 5.69 Å². The number of hydrogen-bond acceptors (Lipinski definition) is 5. The van der Waals surface area contributed by atoms with E-state index in [1.165, 1.54) is 0 Å². The third kappa shape index (κ3) is 4.92. The van der Waals surface area contributed by atoms with Crippen molar-refractivity contribution < 1.29 is 0 Å². The first kappa shape index (κ1) is 17.7. The van der Waals surface area contributed by atoms with Crippen molar-refractivity contribution >= 4 is 11.8 Å². The topological polar surface area (TPSA) is 44.3 Å². The van der Waals surface area contributed by atoms with Gasteiger partial charge in [0.1, 0.15) is 5.82 Å². The fourth-order valence-corrected chi connectivity index (χ4v) is 2.92. The maximum Gasteiger partial charge on any atom is 0.227 e. The molecular formula is C20H29N5. The van der Waals surface area contributed by atoms with Crippen LogP contribution in [-0.2, 0) is 0 Å². The van der Waals surface area contributed by atoms with Crippen LogP contribution in [0.5, 0.6) is 0 Å². The lowest BCUT2D eigenvalue weighted by atomic mass is 10.1. The second-order valence-corrected chi connectivity index (χ2v) is 7.20. The molecule has 0 aliphatic carbocycles.